The first-order chi connectivity index (χ1) is 11.9. The van der Waals surface area contributed by atoms with E-state index in [4.69, 9.17) is 0 Å². The van der Waals surface area contributed by atoms with Crippen molar-refractivity contribution in [3.05, 3.63) is 65.0 Å². The van der Waals surface area contributed by atoms with Gasteiger partial charge in [-0.3, -0.25) is 4.79 Å². The van der Waals surface area contributed by atoms with Gasteiger partial charge in [-0.25, -0.2) is 4.98 Å². The fourth-order valence-electron chi connectivity index (χ4n) is 2.30. The Kier molecular flexibility index (Phi) is 4.59. The lowest BCUT2D eigenvalue weighted by Crippen LogP contribution is -2.17. The summed E-state index contributed by atoms with van der Waals surface area (Å²) in [4.78, 5) is 16.0. The molecule has 0 fully saturated rings. The second-order valence-corrected chi connectivity index (χ2v) is 6.13. The van der Waals surface area contributed by atoms with Crippen molar-refractivity contribution >= 4 is 17.2 Å². The van der Waals surface area contributed by atoms with Gasteiger partial charge in [-0.2, -0.15) is 13.2 Å². The van der Waals surface area contributed by atoms with Crippen LogP contribution in [0.3, 0.4) is 0 Å². The number of aromatic nitrogens is 1. The largest absolute Gasteiger partial charge is 0.416 e. The average molecular weight is 362 g/mol. The van der Waals surface area contributed by atoms with Crippen LogP contribution in [0.15, 0.2) is 53.9 Å². The molecule has 0 spiro atoms. The molecule has 0 aliphatic carbocycles. The third-order valence-electron chi connectivity index (χ3n) is 3.61. The molecule has 0 bridgehead atoms. The van der Waals surface area contributed by atoms with E-state index in [1.54, 1.807) is 42.8 Å². The van der Waals surface area contributed by atoms with E-state index in [2.05, 4.69) is 10.3 Å². The Bertz CT molecular complexity index is 901. The van der Waals surface area contributed by atoms with Gasteiger partial charge in [-0.1, -0.05) is 24.3 Å². The third kappa shape index (κ3) is 3.71. The Labute approximate surface area is 146 Å². The number of amides is 1. The van der Waals surface area contributed by atoms with E-state index in [0.29, 0.717) is 21.8 Å². The summed E-state index contributed by atoms with van der Waals surface area (Å²) in [5.74, 6) is -0.185. The number of hydrogen-bond acceptors (Lipinski definition) is 3. The summed E-state index contributed by atoms with van der Waals surface area (Å²) >= 11 is 1.34. The molecule has 25 heavy (non-hydrogen) atoms. The number of halogens is 3. The zero-order chi connectivity index (χ0) is 18.0. The van der Waals surface area contributed by atoms with Gasteiger partial charge < -0.3 is 5.32 Å². The molecular weight excluding hydrogens is 349 g/mol. The molecule has 3 aromatic rings. The van der Waals surface area contributed by atoms with Crippen molar-refractivity contribution in [2.24, 2.45) is 0 Å². The Balaban J connectivity index is 1.89. The van der Waals surface area contributed by atoms with Gasteiger partial charge >= 0.3 is 6.18 Å². The van der Waals surface area contributed by atoms with Gasteiger partial charge in [0.2, 0.25) is 0 Å². The maximum absolute atomic E-state index is 12.8. The molecule has 1 amide bonds. The number of rotatable bonds is 3. The number of nitrogens with one attached hydrogen (secondary N) is 1. The second kappa shape index (κ2) is 6.68. The summed E-state index contributed by atoms with van der Waals surface area (Å²) < 4.78 is 38.5. The van der Waals surface area contributed by atoms with E-state index in [1.165, 1.54) is 17.4 Å². The van der Waals surface area contributed by atoms with Crippen molar-refractivity contribution in [2.75, 3.05) is 7.05 Å². The normalized spacial score (nSPS) is 11.4. The summed E-state index contributed by atoms with van der Waals surface area (Å²) in [5, 5.41) is 4.94. The van der Waals surface area contributed by atoms with E-state index >= 15 is 0 Å². The van der Waals surface area contributed by atoms with Crippen LogP contribution in [-0.2, 0) is 6.18 Å². The number of alkyl halides is 3. The molecule has 3 rings (SSSR count). The maximum atomic E-state index is 12.8. The molecule has 0 aliphatic rings. The Hall–Kier alpha value is -2.67. The number of carbonyl (C=O) groups is 1. The van der Waals surface area contributed by atoms with Crippen LogP contribution in [0, 0.1) is 0 Å². The number of nitrogens with zero attached hydrogens (tertiary/aromatic N) is 1. The summed E-state index contributed by atoms with van der Waals surface area (Å²) in [5.41, 5.74) is 1.53. The van der Waals surface area contributed by atoms with Crippen LogP contribution in [0.25, 0.3) is 21.8 Å². The Morgan fingerprint density at radius 3 is 2.44 bits per heavy atom. The first-order valence-electron chi connectivity index (χ1n) is 7.34. The average Bonchev–Trinajstić information content (AvgIpc) is 3.11. The van der Waals surface area contributed by atoms with Gasteiger partial charge in [0.15, 0.2) is 0 Å². The Morgan fingerprint density at radius 1 is 1.08 bits per heavy atom. The highest BCUT2D eigenvalue weighted by molar-refractivity contribution is 7.13. The molecule has 0 radical (unpaired) electrons. The third-order valence-corrected chi connectivity index (χ3v) is 4.50. The van der Waals surface area contributed by atoms with Crippen molar-refractivity contribution in [3.63, 3.8) is 0 Å². The number of benzene rings is 2. The minimum absolute atomic E-state index is 0.185. The van der Waals surface area contributed by atoms with Crippen LogP contribution in [0.1, 0.15) is 15.9 Å². The highest BCUT2D eigenvalue weighted by Gasteiger charge is 2.30. The van der Waals surface area contributed by atoms with E-state index in [9.17, 15) is 18.0 Å². The molecule has 0 aliphatic heterocycles. The molecule has 0 saturated carbocycles. The molecule has 1 N–H and O–H groups in total. The molecular formula is C18H13F3N2OS. The quantitative estimate of drug-likeness (QED) is 0.723. The van der Waals surface area contributed by atoms with Gasteiger partial charge in [0.05, 0.1) is 11.3 Å². The molecule has 3 nitrogen and oxygen atoms in total. The smallest absolute Gasteiger partial charge is 0.355 e. The maximum Gasteiger partial charge on any atom is 0.416 e. The summed E-state index contributed by atoms with van der Waals surface area (Å²) in [7, 11) is 1.55. The molecule has 1 heterocycles. The van der Waals surface area contributed by atoms with E-state index in [1.807, 2.05) is 0 Å². The fourth-order valence-corrected chi connectivity index (χ4v) is 3.14. The lowest BCUT2D eigenvalue weighted by atomic mass is 10.1. The minimum Gasteiger partial charge on any atom is -0.355 e. The van der Waals surface area contributed by atoms with Gasteiger partial charge in [0.1, 0.15) is 5.01 Å². The van der Waals surface area contributed by atoms with Gasteiger partial charge in [-0.05, 0) is 24.3 Å². The molecule has 128 valence electrons. The molecule has 0 unspecified atom stereocenters. The van der Waals surface area contributed by atoms with Crippen LogP contribution < -0.4 is 5.32 Å². The highest BCUT2D eigenvalue weighted by Crippen LogP contribution is 2.34. The second-order valence-electron chi connectivity index (χ2n) is 5.27. The molecule has 0 atom stereocenters. The molecule has 0 saturated heterocycles. The first-order valence-corrected chi connectivity index (χ1v) is 8.22. The van der Waals surface area contributed by atoms with Crippen molar-refractivity contribution in [1.82, 2.24) is 10.3 Å². The SMILES string of the molecule is CNC(=O)c1ccc(-c2nc(-c3cccc(C(F)(F)F)c3)cs2)cc1. The number of carbonyl (C=O) groups excluding carboxylic acids is 1. The van der Waals surface area contributed by atoms with Gasteiger partial charge in [0, 0.05) is 29.1 Å². The Morgan fingerprint density at radius 2 is 1.80 bits per heavy atom. The van der Waals surface area contributed by atoms with Crippen LogP contribution in [-0.4, -0.2) is 17.9 Å². The predicted molar refractivity (Wildman–Crippen MR) is 91.4 cm³/mol. The standard InChI is InChI=1S/C18H13F3N2OS/c1-22-16(24)11-5-7-12(8-6-11)17-23-15(10-25-17)13-3-2-4-14(9-13)18(19,20)21/h2-10H,1H3,(H,22,24). The predicted octanol–water partition coefficient (Wildman–Crippen LogP) is 4.86. The molecule has 7 heteroatoms. The van der Waals surface area contributed by atoms with Crippen molar-refractivity contribution in [1.29, 1.82) is 0 Å². The monoisotopic (exact) mass is 362 g/mol. The minimum atomic E-state index is -4.38. The van der Waals surface area contributed by atoms with Gasteiger partial charge in [-0.15, -0.1) is 11.3 Å². The molecule has 1 aromatic heterocycles. The summed E-state index contributed by atoms with van der Waals surface area (Å²) in [6, 6.07) is 12.0. The van der Waals surface area contributed by atoms with Crippen LogP contribution in [0.5, 0.6) is 0 Å². The topological polar surface area (TPSA) is 42.0 Å². The lowest BCUT2D eigenvalue weighted by molar-refractivity contribution is -0.137. The fraction of sp³-hybridized carbons (Fsp3) is 0.111. The highest BCUT2D eigenvalue weighted by atomic mass is 32.1. The van der Waals surface area contributed by atoms with E-state index in [-0.39, 0.29) is 5.91 Å². The van der Waals surface area contributed by atoms with Crippen molar-refractivity contribution in [3.8, 4) is 21.8 Å². The summed E-state index contributed by atoms with van der Waals surface area (Å²) in [6.07, 6.45) is -4.38. The zero-order valence-corrected chi connectivity index (χ0v) is 13.9. The first kappa shape index (κ1) is 17.2. The van der Waals surface area contributed by atoms with E-state index < -0.39 is 11.7 Å². The van der Waals surface area contributed by atoms with E-state index in [0.717, 1.165) is 17.7 Å². The van der Waals surface area contributed by atoms with Crippen molar-refractivity contribution in [2.45, 2.75) is 6.18 Å². The van der Waals surface area contributed by atoms with Crippen LogP contribution in [0.4, 0.5) is 13.2 Å². The summed E-state index contributed by atoms with van der Waals surface area (Å²) in [6.45, 7) is 0. The lowest BCUT2D eigenvalue weighted by Gasteiger charge is -2.07. The molecule has 2 aromatic carbocycles. The van der Waals surface area contributed by atoms with Crippen LogP contribution >= 0.6 is 11.3 Å². The van der Waals surface area contributed by atoms with Crippen molar-refractivity contribution < 1.29 is 18.0 Å². The van der Waals surface area contributed by atoms with Gasteiger partial charge in [0.25, 0.3) is 5.91 Å². The number of thiazole rings is 1. The number of hydrogen-bond donors (Lipinski definition) is 1. The zero-order valence-electron chi connectivity index (χ0n) is 13.1. The van der Waals surface area contributed by atoms with Crippen LogP contribution in [0.2, 0.25) is 0 Å².